The monoisotopic (exact) mass is 387 g/mol. The molecule has 2 aromatic rings. The van der Waals surface area contributed by atoms with E-state index in [0.717, 1.165) is 12.8 Å². The minimum Gasteiger partial charge on any atom is -0.465 e. The number of rotatable bonds is 5. The second-order valence-corrected chi connectivity index (χ2v) is 8.73. The lowest BCUT2D eigenvalue weighted by Crippen LogP contribution is -2.18. The molecule has 0 bridgehead atoms. The molecule has 3 rings (SSSR count). The fourth-order valence-corrected chi connectivity index (χ4v) is 5.12. The number of benzene rings is 2. The zero-order chi connectivity index (χ0) is 19.4. The molecule has 0 aliphatic heterocycles. The number of sulfone groups is 1. The average molecular weight is 387 g/mol. The summed E-state index contributed by atoms with van der Waals surface area (Å²) in [5, 5.41) is 2.37. The summed E-state index contributed by atoms with van der Waals surface area (Å²) in [6.07, 6.45) is 3.24. The number of ether oxygens (including phenoxy) is 1. The van der Waals surface area contributed by atoms with E-state index >= 15 is 0 Å². The van der Waals surface area contributed by atoms with E-state index in [1.54, 1.807) is 18.2 Å². The first-order chi connectivity index (χ1) is 12.9. The number of methoxy groups -OCH3 is 1. The standard InChI is InChI=1S/C20H21NO5S/c1-26-20(23)15-11-9-14(10-12-15)19(22)21-16-5-4-8-18(13-16)27(24,25)17-6-2-3-7-17/h4-5,8-13,17H,2-3,6-7H2,1H3,(H,21,22). The van der Waals surface area contributed by atoms with Crippen LogP contribution in [0.25, 0.3) is 0 Å². The van der Waals surface area contributed by atoms with Gasteiger partial charge in [-0.1, -0.05) is 18.9 Å². The Bertz CT molecular complexity index is 945. The van der Waals surface area contributed by atoms with Gasteiger partial charge < -0.3 is 10.1 Å². The number of nitrogens with one attached hydrogen (secondary N) is 1. The maximum atomic E-state index is 12.7. The molecule has 0 saturated heterocycles. The topological polar surface area (TPSA) is 89.5 Å². The van der Waals surface area contributed by atoms with Gasteiger partial charge in [-0.3, -0.25) is 4.79 Å². The van der Waals surface area contributed by atoms with Crippen molar-refractivity contribution in [2.24, 2.45) is 0 Å². The number of carbonyl (C=O) groups excluding carboxylic acids is 2. The van der Waals surface area contributed by atoms with Crippen LogP contribution in [0.15, 0.2) is 53.4 Å². The summed E-state index contributed by atoms with van der Waals surface area (Å²) in [6.45, 7) is 0. The van der Waals surface area contributed by atoms with Crippen LogP contribution in [0.5, 0.6) is 0 Å². The molecule has 6 nitrogen and oxygen atoms in total. The Balaban J connectivity index is 1.76. The van der Waals surface area contributed by atoms with Crippen molar-refractivity contribution in [1.82, 2.24) is 0 Å². The summed E-state index contributed by atoms with van der Waals surface area (Å²) in [5.74, 6) is -0.867. The first-order valence-electron chi connectivity index (χ1n) is 8.75. The molecule has 0 spiro atoms. The van der Waals surface area contributed by atoms with E-state index in [1.165, 1.54) is 37.4 Å². The molecule has 1 amide bonds. The van der Waals surface area contributed by atoms with Gasteiger partial charge in [0, 0.05) is 11.3 Å². The van der Waals surface area contributed by atoms with E-state index < -0.39 is 15.8 Å². The minimum atomic E-state index is -3.38. The summed E-state index contributed by atoms with van der Waals surface area (Å²) in [5.41, 5.74) is 1.11. The highest BCUT2D eigenvalue weighted by Crippen LogP contribution is 2.30. The smallest absolute Gasteiger partial charge is 0.337 e. The summed E-state index contributed by atoms with van der Waals surface area (Å²) >= 11 is 0. The Morgan fingerprint density at radius 2 is 1.63 bits per heavy atom. The molecule has 0 atom stereocenters. The van der Waals surface area contributed by atoms with Gasteiger partial charge in [0.15, 0.2) is 9.84 Å². The molecule has 0 unspecified atom stereocenters. The molecule has 0 heterocycles. The van der Waals surface area contributed by atoms with Crippen molar-refractivity contribution in [1.29, 1.82) is 0 Å². The molecule has 1 saturated carbocycles. The molecule has 1 N–H and O–H groups in total. The van der Waals surface area contributed by atoms with E-state index in [0.29, 0.717) is 29.7 Å². The molecule has 7 heteroatoms. The van der Waals surface area contributed by atoms with E-state index in [-0.39, 0.29) is 16.1 Å². The van der Waals surface area contributed by atoms with Crippen LogP contribution in [0.3, 0.4) is 0 Å². The van der Waals surface area contributed by atoms with Crippen molar-refractivity contribution in [2.75, 3.05) is 12.4 Å². The zero-order valence-corrected chi connectivity index (χ0v) is 15.8. The Hall–Kier alpha value is -2.67. The van der Waals surface area contributed by atoms with Gasteiger partial charge in [0.1, 0.15) is 0 Å². The SMILES string of the molecule is COC(=O)c1ccc(C(=O)Nc2cccc(S(=O)(=O)C3CCCC3)c2)cc1. The van der Waals surface area contributed by atoms with E-state index in [1.807, 2.05) is 0 Å². The molecule has 27 heavy (non-hydrogen) atoms. The lowest BCUT2D eigenvalue weighted by atomic mass is 10.1. The van der Waals surface area contributed by atoms with Gasteiger partial charge in [-0.15, -0.1) is 0 Å². The van der Waals surface area contributed by atoms with Crippen LogP contribution in [-0.4, -0.2) is 32.7 Å². The van der Waals surface area contributed by atoms with Gasteiger partial charge >= 0.3 is 5.97 Å². The highest BCUT2D eigenvalue weighted by molar-refractivity contribution is 7.92. The van der Waals surface area contributed by atoms with Crippen molar-refractivity contribution in [3.63, 3.8) is 0 Å². The maximum absolute atomic E-state index is 12.7. The number of hydrogen-bond acceptors (Lipinski definition) is 5. The van der Waals surface area contributed by atoms with Crippen molar-refractivity contribution in [3.8, 4) is 0 Å². The summed E-state index contributed by atoms with van der Waals surface area (Å²) < 4.78 is 30.1. The van der Waals surface area contributed by atoms with Crippen molar-refractivity contribution < 1.29 is 22.7 Å². The highest BCUT2D eigenvalue weighted by atomic mass is 32.2. The van der Waals surface area contributed by atoms with Crippen LogP contribution in [0.2, 0.25) is 0 Å². The third-order valence-corrected chi connectivity index (χ3v) is 6.99. The molecular weight excluding hydrogens is 366 g/mol. The van der Waals surface area contributed by atoms with Gasteiger partial charge in [0.25, 0.3) is 5.91 Å². The molecule has 2 aromatic carbocycles. The minimum absolute atomic E-state index is 0.230. The summed E-state index contributed by atoms with van der Waals surface area (Å²) in [4.78, 5) is 24.1. The van der Waals surface area contributed by atoms with Crippen LogP contribution in [0.1, 0.15) is 46.4 Å². The quantitative estimate of drug-likeness (QED) is 0.794. The van der Waals surface area contributed by atoms with Crippen LogP contribution >= 0.6 is 0 Å². The third kappa shape index (κ3) is 4.19. The van der Waals surface area contributed by atoms with Gasteiger partial charge in [0.05, 0.1) is 22.8 Å². The second-order valence-electron chi connectivity index (χ2n) is 6.50. The van der Waals surface area contributed by atoms with Crippen LogP contribution in [-0.2, 0) is 14.6 Å². The Kier molecular flexibility index (Phi) is 5.60. The third-order valence-electron chi connectivity index (χ3n) is 4.73. The number of esters is 1. The summed E-state index contributed by atoms with van der Waals surface area (Å²) in [6, 6.07) is 12.4. The lowest BCUT2D eigenvalue weighted by molar-refractivity contribution is 0.0600. The molecule has 0 aromatic heterocycles. The largest absolute Gasteiger partial charge is 0.465 e. The molecule has 1 aliphatic carbocycles. The Labute approximate surface area is 158 Å². The Morgan fingerprint density at radius 3 is 2.26 bits per heavy atom. The van der Waals surface area contributed by atoms with Gasteiger partial charge in [0.2, 0.25) is 0 Å². The fourth-order valence-electron chi connectivity index (χ4n) is 3.22. The molecule has 1 fully saturated rings. The average Bonchev–Trinajstić information content (AvgIpc) is 3.23. The fraction of sp³-hybridized carbons (Fsp3) is 0.300. The molecule has 0 radical (unpaired) electrons. The molecule has 142 valence electrons. The zero-order valence-electron chi connectivity index (χ0n) is 15.0. The summed E-state index contributed by atoms with van der Waals surface area (Å²) in [7, 11) is -2.10. The van der Waals surface area contributed by atoms with Crippen molar-refractivity contribution >= 4 is 27.4 Å². The Morgan fingerprint density at radius 1 is 1.00 bits per heavy atom. The number of anilines is 1. The maximum Gasteiger partial charge on any atom is 0.337 e. The van der Waals surface area contributed by atoms with Crippen molar-refractivity contribution in [3.05, 3.63) is 59.7 Å². The molecule has 1 aliphatic rings. The lowest BCUT2D eigenvalue weighted by Gasteiger charge is -2.13. The predicted molar refractivity (Wildman–Crippen MR) is 102 cm³/mol. The highest BCUT2D eigenvalue weighted by Gasteiger charge is 2.30. The molecular formula is C20H21NO5S. The van der Waals surface area contributed by atoms with Crippen LogP contribution in [0, 0.1) is 0 Å². The van der Waals surface area contributed by atoms with E-state index in [4.69, 9.17) is 0 Å². The van der Waals surface area contributed by atoms with Gasteiger partial charge in [-0.25, -0.2) is 13.2 Å². The first-order valence-corrected chi connectivity index (χ1v) is 10.3. The van der Waals surface area contributed by atoms with E-state index in [9.17, 15) is 18.0 Å². The number of amides is 1. The van der Waals surface area contributed by atoms with Gasteiger partial charge in [-0.05, 0) is 55.3 Å². The normalized spacial score (nSPS) is 14.7. The predicted octanol–water partition coefficient (Wildman–Crippen LogP) is 3.44. The first kappa shape index (κ1) is 19.1. The van der Waals surface area contributed by atoms with Crippen molar-refractivity contribution in [2.45, 2.75) is 35.8 Å². The van der Waals surface area contributed by atoms with Gasteiger partial charge in [-0.2, -0.15) is 0 Å². The van der Waals surface area contributed by atoms with Crippen LogP contribution in [0.4, 0.5) is 5.69 Å². The van der Waals surface area contributed by atoms with Crippen LogP contribution < -0.4 is 5.32 Å². The second kappa shape index (κ2) is 7.92. The number of carbonyl (C=O) groups is 2. The van der Waals surface area contributed by atoms with E-state index in [2.05, 4.69) is 10.1 Å². The number of hydrogen-bond donors (Lipinski definition) is 1.